The molecule has 0 aliphatic carbocycles. The molecule has 0 unspecified atom stereocenters. The summed E-state index contributed by atoms with van der Waals surface area (Å²) in [7, 11) is 0. The molecule has 136 valence electrons. The Kier molecular flexibility index (Phi) is 5.37. The number of carbonyl (C=O) groups is 3. The van der Waals surface area contributed by atoms with E-state index in [1.807, 2.05) is 0 Å². The number of esters is 1. The number of halogens is 1. The SMILES string of the molecule is NC(=O)C1CCN(C(=O)COC(=O)c2cc(Cl)nc3ccccc23)CC1. The second-order valence-corrected chi connectivity index (χ2v) is 6.53. The minimum absolute atomic E-state index is 0.176. The molecule has 1 aromatic carbocycles. The average molecular weight is 376 g/mol. The molecule has 1 aliphatic rings. The van der Waals surface area contributed by atoms with E-state index in [2.05, 4.69) is 4.98 Å². The molecule has 0 radical (unpaired) electrons. The number of benzene rings is 1. The number of hydrogen-bond donors (Lipinski definition) is 1. The number of nitrogens with two attached hydrogens (primary N) is 1. The maximum absolute atomic E-state index is 12.4. The predicted octanol–water partition coefficient (Wildman–Crippen LogP) is 1.77. The highest BCUT2D eigenvalue weighted by atomic mass is 35.5. The number of carbonyl (C=O) groups excluding carboxylic acids is 3. The summed E-state index contributed by atoms with van der Waals surface area (Å²) in [6.07, 6.45) is 1.05. The number of pyridine rings is 1. The fourth-order valence-corrected chi connectivity index (χ4v) is 3.22. The number of rotatable bonds is 4. The van der Waals surface area contributed by atoms with E-state index in [9.17, 15) is 14.4 Å². The fourth-order valence-electron chi connectivity index (χ4n) is 3.02. The standard InChI is InChI=1S/C18H18ClN3O4/c19-15-9-13(12-3-1-2-4-14(12)21-15)18(25)26-10-16(23)22-7-5-11(6-8-22)17(20)24/h1-4,9,11H,5-8,10H2,(H2,20,24). The molecular weight excluding hydrogens is 358 g/mol. The monoisotopic (exact) mass is 375 g/mol. The second-order valence-electron chi connectivity index (χ2n) is 6.14. The van der Waals surface area contributed by atoms with E-state index in [1.54, 1.807) is 29.2 Å². The summed E-state index contributed by atoms with van der Waals surface area (Å²) in [6.45, 7) is 0.482. The van der Waals surface area contributed by atoms with Crippen molar-refractivity contribution in [2.45, 2.75) is 12.8 Å². The van der Waals surface area contributed by atoms with Crippen LogP contribution in [0, 0.1) is 5.92 Å². The highest BCUT2D eigenvalue weighted by molar-refractivity contribution is 6.30. The number of likely N-dealkylation sites (tertiary alicyclic amines) is 1. The molecule has 0 atom stereocenters. The molecule has 1 fully saturated rings. The largest absolute Gasteiger partial charge is 0.452 e. The fraction of sp³-hybridized carbons (Fsp3) is 0.333. The molecule has 2 amide bonds. The van der Waals surface area contributed by atoms with Gasteiger partial charge in [0.2, 0.25) is 5.91 Å². The van der Waals surface area contributed by atoms with Crippen LogP contribution in [0.2, 0.25) is 5.15 Å². The van der Waals surface area contributed by atoms with E-state index in [-0.39, 0.29) is 35.1 Å². The number of primary amides is 1. The van der Waals surface area contributed by atoms with Gasteiger partial charge in [0, 0.05) is 24.4 Å². The number of aromatic nitrogens is 1. The third kappa shape index (κ3) is 3.94. The molecule has 1 aromatic heterocycles. The van der Waals surface area contributed by atoms with E-state index in [0.29, 0.717) is 36.8 Å². The molecule has 2 heterocycles. The van der Waals surface area contributed by atoms with Crippen LogP contribution in [-0.2, 0) is 14.3 Å². The van der Waals surface area contributed by atoms with Crippen LogP contribution in [0.15, 0.2) is 30.3 Å². The van der Waals surface area contributed by atoms with Gasteiger partial charge in [0.15, 0.2) is 6.61 Å². The van der Waals surface area contributed by atoms with Crippen LogP contribution in [0.4, 0.5) is 0 Å². The number of fused-ring (bicyclic) bond motifs is 1. The first-order chi connectivity index (χ1) is 12.5. The zero-order valence-electron chi connectivity index (χ0n) is 14.0. The van der Waals surface area contributed by atoms with Crippen LogP contribution >= 0.6 is 11.6 Å². The first kappa shape index (κ1) is 18.1. The van der Waals surface area contributed by atoms with Crippen molar-refractivity contribution in [3.05, 3.63) is 41.0 Å². The lowest BCUT2D eigenvalue weighted by Gasteiger charge is -2.30. The van der Waals surface area contributed by atoms with Gasteiger partial charge in [-0.3, -0.25) is 9.59 Å². The van der Waals surface area contributed by atoms with Crippen LogP contribution in [0.25, 0.3) is 10.9 Å². The summed E-state index contributed by atoms with van der Waals surface area (Å²) in [5, 5.41) is 0.784. The minimum Gasteiger partial charge on any atom is -0.452 e. The molecule has 1 saturated heterocycles. The third-order valence-electron chi connectivity index (χ3n) is 4.48. The molecule has 7 nitrogen and oxygen atoms in total. The molecule has 26 heavy (non-hydrogen) atoms. The zero-order chi connectivity index (χ0) is 18.7. The average Bonchev–Trinajstić information content (AvgIpc) is 2.65. The Morgan fingerprint density at radius 2 is 1.92 bits per heavy atom. The molecule has 2 N–H and O–H groups in total. The minimum atomic E-state index is -0.633. The van der Waals surface area contributed by atoms with Gasteiger partial charge in [-0.15, -0.1) is 0 Å². The molecular formula is C18H18ClN3O4. The maximum atomic E-state index is 12.4. The maximum Gasteiger partial charge on any atom is 0.339 e. The second kappa shape index (κ2) is 7.70. The Balaban J connectivity index is 1.63. The van der Waals surface area contributed by atoms with Crippen molar-refractivity contribution < 1.29 is 19.1 Å². The van der Waals surface area contributed by atoms with Crippen LogP contribution in [-0.4, -0.2) is 47.4 Å². The van der Waals surface area contributed by atoms with Crippen molar-refractivity contribution in [1.29, 1.82) is 0 Å². The van der Waals surface area contributed by atoms with E-state index in [1.165, 1.54) is 6.07 Å². The lowest BCUT2D eigenvalue weighted by molar-refractivity contribution is -0.137. The molecule has 8 heteroatoms. The van der Waals surface area contributed by atoms with Crippen molar-refractivity contribution in [2.24, 2.45) is 11.7 Å². The lowest BCUT2D eigenvalue weighted by Crippen LogP contribution is -2.43. The molecule has 3 rings (SSSR count). The quantitative estimate of drug-likeness (QED) is 0.648. The van der Waals surface area contributed by atoms with Crippen LogP contribution < -0.4 is 5.73 Å². The van der Waals surface area contributed by atoms with Gasteiger partial charge in [0.1, 0.15) is 5.15 Å². The van der Waals surface area contributed by atoms with Crippen molar-refractivity contribution in [2.75, 3.05) is 19.7 Å². The predicted molar refractivity (Wildman–Crippen MR) is 95.5 cm³/mol. The summed E-state index contributed by atoms with van der Waals surface area (Å²) >= 11 is 5.96. The van der Waals surface area contributed by atoms with Crippen molar-refractivity contribution in [3.8, 4) is 0 Å². The van der Waals surface area contributed by atoms with Crippen molar-refractivity contribution in [1.82, 2.24) is 9.88 Å². The Labute approximate surface area is 155 Å². The Morgan fingerprint density at radius 3 is 2.62 bits per heavy atom. The molecule has 0 saturated carbocycles. The molecule has 2 aromatic rings. The van der Waals surface area contributed by atoms with Gasteiger partial charge in [-0.05, 0) is 25.0 Å². The number of ether oxygens (including phenoxy) is 1. The number of piperidine rings is 1. The summed E-state index contributed by atoms with van der Waals surface area (Å²) < 4.78 is 5.17. The number of nitrogens with zero attached hydrogens (tertiary/aromatic N) is 2. The van der Waals surface area contributed by atoms with Gasteiger partial charge in [-0.1, -0.05) is 29.8 Å². The number of para-hydroxylation sites is 1. The normalized spacial score (nSPS) is 15.0. The summed E-state index contributed by atoms with van der Waals surface area (Å²) in [5.41, 5.74) is 6.12. The first-order valence-electron chi connectivity index (χ1n) is 8.25. The summed E-state index contributed by atoms with van der Waals surface area (Å²) in [4.78, 5) is 41.5. The lowest BCUT2D eigenvalue weighted by atomic mass is 9.96. The Morgan fingerprint density at radius 1 is 1.23 bits per heavy atom. The van der Waals surface area contributed by atoms with E-state index in [4.69, 9.17) is 22.1 Å². The topological polar surface area (TPSA) is 103 Å². The van der Waals surface area contributed by atoms with E-state index < -0.39 is 5.97 Å². The van der Waals surface area contributed by atoms with E-state index >= 15 is 0 Å². The van der Waals surface area contributed by atoms with Gasteiger partial charge in [-0.25, -0.2) is 9.78 Å². The first-order valence-corrected chi connectivity index (χ1v) is 8.63. The highest BCUT2D eigenvalue weighted by Crippen LogP contribution is 2.22. The summed E-state index contributed by atoms with van der Waals surface area (Å²) in [6, 6.07) is 8.48. The van der Waals surface area contributed by atoms with Gasteiger partial charge in [0.05, 0.1) is 11.1 Å². The molecule has 0 bridgehead atoms. The zero-order valence-corrected chi connectivity index (χ0v) is 14.7. The van der Waals surface area contributed by atoms with Gasteiger partial charge >= 0.3 is 5.97 Å². The van der Waals surface area contributed by atoms with Crippen LogP contribution in [0.1, 0.15) is 23.2 Å². The van der Waals surface area contributed by atoms with Gasteiger partial charge in [-0.2, -0.15) is 0 Å². The van der Waals surface area contributed by atoms with Crippen molar-refractivity contribution in [3.63, 3.8) is 0 Å². The summed E-state index contributed by atoms with van der Waals surface area (Å²) in [5.74, 6) is -1.48. The Bertz CT molecular complexity index is 863. The Hall–Kier alpha value is -2.67. The van der Waals surface area contributed by atoms with Crippen molar-refractivity contribution >= 4 is 40.3 Å². The third-order valence-corrected chi connectivity index (χ3v) is 4.68. The molecule has 1 aliphatic heterocycles. The molecule has 0 spiro atoms. The number of hydrogen-bond acceptors (Lipinski definition) is 5. The highest BCUT2D eigenvalue weighted by Gasteiger charge is 2.26. The smallest absolute Gasteiger partial charge is 0.339 e. The van der Waals surface area contributed by atoms with Crippen LogP contribution in [0.3, 0.4) is 0 Å². The number of amides is 2. The van der Waals surface area contributed by atoms with E-state index in [0.717, 1.165) is 0 Å². The van der Waals surface area contributed by atoms with Crippen LogP contribution in [0.5, 0.6) is 0 Å². The van der Waals surface area contributed by atoms with Gasteiger partial charge < -0.3 is 15.4 Å². The van der Waals surface area contributed by atoms with Gasteiger partial charge in [0.25, 0.3) is 5.91 Å².